The fraction of sp³-hybridized carbons (Fsp3) is 0.846. The Morgan fingerprint density at radius 3 is 2.76 bits per heavy atom. The third-order valence-electron chi connectivity index (χ3n) is 4.15. The molecule has 1 saturated heterocycles. The minimum Gasteiger partial charge on any atom is -0.339 e. The largest absolute Gasteiger partial charge is 0.339 e. The van der Waals surface area contributed by atoms with E-state index in [0.717, 1.165) is 31.1 Å². The Morgan fingerprint density at radius 2 is 2.00 bits per heavy atom. The first-order valence-electron chi connectivity index (χ1n) is 6.90. The Morgan fingerprint density at radius 1 is 1.18 bits per heavy atom. The lowest BCUT2D eigenvalue weighted by molar-refractivity contribution is 0.293. The molecule has 1 aromatic rings. The summed E-state index contributed by atoms with van der Waals surface area (Å²) in [4.78, 5) is 4.64. The van der Waals surface area contributed by atoms with E-state index >= 15 is 0 Å². The Balaban J connectivity index is 1.70. The molecule has 1 aromatic heterocycles. The van der Waals surface area contributed by atoms with Crippen LogP contribution >= 0.6 is 0 Å². The fourth-order valence-electron chi connectivity index (χ4n) is 3.12. The highest BCUT2D eigenvalue weighted by Crippen LogP contribution is 2.34. The first kappa shape index (κ1) is 11.2. The number of hydrogen-bond acceptors (Lipinski definition) is 4. The van der Waals surface area contributed by atoms with Crippen LogP contribution in [-0.4, -0.2) is 22.7 Å². The third kappa shape index (κ3) is 2.37. The highest BCUT2D eigenvalue weighted by molar-refractivity contribution is 5.02. The van der Waals surface area contributed by atoms with Gasteiger partial charge in [-0.3, -0.25) is 0 Å². The second-order valence-corrected chi connectivity index (χ2v) is 5.55. The molecule has 1 saturated carbocycles. The van der Waals surface area contributed by atoms with Crippen molar-refractivity contribution in [1.82, 2.24) is 15.5 Å². The Bertz CT molecular complexity index is 370. The van der Waals surface area contributed by atoms with Crippen molar-refractivity contribution in [2.24, 2.45) is 0 Å². The first-order valence-corrected chi connectivity index (χ1v) is 6.90. The van der Waals surface area contributed by atoms with Crippen LogP contribution in [0, 0.1) is 0 Å². The minimum absolute atomic E-state index is 0.467. The van der Waals surface area contributed by atoms with Crippen molar-refractivity contribution in [3.8, 4) is 0 Å². The molecule has 3 rings (SSSR count). The highest BCUT2D eigenvalue weighted by Gasteiger charge is 2.27. The van der Waals surface area contributed by atoms with Crippen LogP contribution in [0.25, 0.3) is 0 Å². The molecule has 2 atom stereocenters. The van der Waals surface area contributed by atoms with Gasteiger partial charge in [0.25, 0.3) is 0 Å². The van der Waals surface area contributed by atoms with E-state index in [2.05, 4.69) is 22.4 Å². The normalized spacial score (nSPS) is 30.9. The molecule has 1 aliphatic carbocycles. The van der Waals surface area contributed by atoms with Crippen LogP contribution in [-0.2, 0) is 0 Å². The second-order valence-electron chi connectivity index (χ2n) is 5.55. The molecule has 2 aliphatic rings. The van der Waals surface area contributed by atoms with Crippen molar-refractivity contribution in [3.05, 3.63) is 11.7 Å². The average molecular weight is 235 g/mol. The maximum atomic E-state index is 5.48. The molecule has 1 aliphatic heterocycles. The van der Waals surface area contributed by atoms with Gasteiger partial charge in [0.1, 0.15) is 0 Å². The summed E-state index contributed by atoms with van der Waals surface area (Å²) in [6.45, 7) is 3.29. The molecular formula is C13H21N3O. The van der Waals surface area contributed by atoms with Gasteiger partial charge in [-0.2, -0.15) is 4.98 Å². The maximum Gasteiger partial charge on any atom is 0.229 e. The topological polar surface area (TPSA) is 51.0 Å². The third-order valence-corrected chi connectivity index (χ3v) is 4.15. The van der Waals surface area contributed by atoms with Crippen LogP contribution < -0.4 is 5.32 Å². The van der Waals surface area contributed by atoms with E-state index in [4.69, 9.17) is 4.52 Å². The number of rotatable bonds is 2. The standard InChI is InChI=1S/C13H21N3O/c1-9-8-11(6-7-14-9)13-15-12(16-17-13)10-4-2-3-5-10/h9-11,14H,2-8H2,1H3/t9-,11-/m0/s1. The van der Waals surface area contributed by atoms with Crippen LogP contribution in [0.15, 0.2) is 4.52 Å². The number of hydrogen-bond donors (Lipinski definition) is 1. The molecule has 17 heavy (non-hydrogen) atoms. The molecular weight excluding hydrogens is 214 g/mol. The zero-order chi connectivity index (χ0) is 11.7. The zero-order valence-electron chi connectivity index (χ0n) is 10.5. The molecule has 1 N–H and O–H groups in total. The number of piperidine rings is 1. The summed E-state index contributed by atoms with van der Waals surface area (Å²) in [5, 5.41) is 7.65. The van der Waals surface area contributed by atoms with Gasteiger partial charge in [-0.1, -0.05) is 18.0 Å². The van der Waals surface area contributed by atoms with Crippen molar-refractivity contribution in [1.29, 1.82) is 0 Å². The average Bonchev–Trinajstić information content (AvgIpc) is 3.00. The van der Waals surface area contributed by atoms with E-state index in [0.29, 0.717) is 17.9 Å². The molecule has 4 nitrogen and oxygen atoms in total. The molecule has 0 bridgehead atoms. The fourth-order valence-corrected chi connectivity index (χ4v) is 3.12. The second kappa shape index (κ2) is 4.77. The molecule has 2 heterocycles. The molecule has 0 amide bonds. The summed E-state index contributed by atoms with van der Waals surface area (Å²) < 4.78 is 5.48. The van der Waals surface area contributed by atoms with Crippen molar-refractivity contribution < 1.29 is 4.52 Å². The lowest BCUT2D eigenvalue weighted by Crippen LogP contribution is -2.34. The van der Waals surface area contributed by atoms with Crippen LogP contribution in [0.5, 0.6) is 0 Å². The summed E-state index contributed by atoms with van der Waals surface area (Å²) in [6.07, 6.45) is 7.35. The quantitative estimate of drug-likeness (QED) is 0.856. The van der Waals surface area contributed by atoms with Crippen LogP contribution in [0.4, 0.5) is 0 Å². The molecule has 0 radical (unpaired) electrons. The predicted octanol–water partition coefficient (Wildman–Crippen LogP) is 2.58. The molecule has 0 aromatic carbocycles. The van der Waals surface area contributed by atoms with E-state index in [-0.39, 0.29) is 0 Å². The van der Waals surface area contributed by atoms with Crippen LogP contribution in [0.1, 0.15) is 69.0 Å². The number of nitrogens with zero attached hydrogens (tertiary/aromatic N) is 2. The minimum atomic E-state index is 0.467. The molecule has 0 spiro atoms. The van der Waals surface area contributed by atoms with E-state index in [1.54, 1.807) is 0 Å². The molecule has 94 valence electrons. The summed E-state index contributed by atoms with van der Waals surface area (Å²) in [5.74, 6) is 2.87. The van der Waals surface area contributed by atoms with Crippen LogP contribution in [0.3, 0.4) is 0 Å². The Labute approximate surface area is 102 Å². The first-order chi connectivity index (χ1) is 8.33. The van der Waals surface area contributed by atoms with Gasteiger partial charge in [0.2, 0.25) is 5.89 Å². The van der Waals surface area contributed by atoms with Crippen molar-refractivity contribution >= 4 is 0 Å². The van der Waals surface area contributed by atoms with Gasteiger partial charge in [0, 0.05) is 17.9 Å². The van der Waals surface area contributed by atoms with Gasteiger partial charge in [-0.05, 0) is 39.2 Å². The van der Waals surface area contributed by atoms with E-state index < -0.39 is 0 Å². The van der Waals surface area contributed by atoms with Gasteiger partial charge in [0.05, 0.1) is 0 Å². The summed E-state index contributed by atoms with van der Waals surface area (Å²) in [7, 11) is 0. The Hall–Kier alpha value is -0.900. The van der Waals surface area contributed by atoms with Gasteiger partial charge in [0.15, 0.2) is 5.82 Å². The van der Waals surface area contributed by atoms with E-state index in [1.807, 2.05) is 0 Å². The molecule has 0 unspecified atom stereocenters. The van der Waals surface area contributed by atoms with E-state index in [1.165, 1.54) is 25.7 Å². The monoisotopic (exact) mass is 235 g/mol. The maximum absolute atomic E-state index is 5.48. The van der Waals surface area contributed by atoms with Crippen molar-refractivity contribution in [3.63, 3.8) is 0 Å². The van der Waals surface area contributed by atoms with Gasteiger partial charge in [-0.15, -0.1) is 0 Å². The number of aromatic nitrogens is 2. The van der Waals surface area contributed by atoms with Gasteiger partial charge >= 0.3 is 0 Å². The lowest BCUT2D eigenvalue weighted by atomic mass is 9.93. The van der Waals surface area contributed by atoms with E-state index in [9.17, 15) is 0 Å². The molecule has 4 heteroatoms. The van der Waals surface area contributed by atoms with Gasteiger partial charge < -0.3 is 9.84 Å². The number of nitrogens with one attached hydrogen (secondary N) is 1. The summed E-state index contributed by atoms with van der Waals surface area (Å²) in [6, 6.07) is 0.565. The SMILES string of the molecule is C[C@H]1C[C@@H](c2nc(C3CCCC3)no2)CCN1. The van der Waals surface area contributed by atoms with Crippen molar-refractivity contribution in [2.45, 2.75) is 63.3 Å². The molecule has 2 fully saturated rings. The summed E-state index contributed by atoms with van der Waals surface area (Å²) >= 11 is 0. The highest BCUT2D eigenvalue weighted by atomic mass is 16.5. The van der Waals surface area contributed by atoms with Crippen LogP contribution in [0.2, 0.25) is 0 Å². The summed E-state index contributed by atoms with van der Waals surface area (Å²) in [5.41, 5.74) is 0. The van der Waals surface area contributed by atoms with Gasteiger partial charge in [-0.25, -0.2) is 0 Å². The smallest absolute Gasteiger partial charge is 0.229 e. The van der Waals surface area contributed by atoms with Crippen molar-refractivity contribution in [2.75, 3.05) is 6.54 Å². The Kier molecular flexibility index (Phi) is 3.14. The lowest BCUT2D eigenvalue weighted by Gasteiger charge is -2.25. The zero-order valence-corrected chi connectivity index (χ0v) is 10.5. The predicted molar refractivity (Wildman–Crippen MR) is 64.9 cm³/mol.